The van der Waals surface area contributed by atoms with Gasteiger partial charge in [-0.3, -0.25) is 4.79 Å². The molecule has 0 atom stereocenters. The van der Waals surface area contributed by atoms with Crippen molar-refractivity contribution >= 4 is 16.7 Å². The third-order valence-corrected chi connectivity index (χ3v) is 2.75. The van der Waals surface area contributed by atoms with E-state index in [-0.39, 0.29) is 5.91 Å². The van der Waals surface area contributed by atoms with Crippen LogP contribution in [-0.4, -0.2) is 19.6 Å². The van der Waals surface area contributed by atoms with Crippen LogP contribution in [0.2, 0.25) is 0 Å². The van der Waals surface area contributed by atoms with Gasteiger partial charge >= 0.3 is 0 Å². The normalized spacial score (nSPS) is 9.58. The Bertz CT molecular complexity index is 665. The van der Waals surface area contributed by atoms with Crippen molar-refractivity contribution in [2.75, 3.05) is 13.7 Å². The summed E-state index contributed by atoms with van der Waals surface area (Å²) in [7, 11) is 1.66. The van der Waals surface area contributed by atoms with Crippen LogP contribution in [0.3, 0.4) is 0 Å². The second kappa shape index (κ2) is 5.92. The first-order valence-electron chi connectivity index (χ1n) is 6.01. The average Bonchev–Trinajstić information content (AvgIpc) is 2.43. The van der Waals surface area contributed by atoms with E-state index in [0.717, 1.165) is 22.1 Å². The number of amides is 1. The third kappa shape index (κ3) is 3.05. The first-order chi connectivity index (χ1) is 9.22. The zero-order valence-electron chi connectivity index (χ0n) is 11.0. The van der Waals surface area contributed by atoms with Gasteiger partial charge in [-0.05, 0) is 12.1 Å². The van der Waals surface area contributed by atoms with E-state index >= 15 is 0 Å². The third-order valence-electron chi connectivity index (χ3n) is 2.75. The molecule has 0 saturated carbocycles. The summed E-state index contributed by atoms with van der Waals surface area (Å²) in [5.74, 6) is 6.77. The molecule has 0 aliphatic heterocycles. The van der Waals surface area contributed by atoms with Gasteiger partial charge in [-0.2, -0.15) is 0 Å². The number of ether oxygens (including phenoxy) is 1. The van der Waals surface area contributed by atoms with Crippen LogP contribution in [0.1, 0.15) is 12.5 Å². The molecule has 3 heteroatoms. The summed E-state index contributed by atoms with van der Waals surface area (Å²) in [6, 6.07) is 11.8. The van der Waals surface area contributed by atoms with E-state index in [9.17, 15) is 4.79 Å². The highest BCUT2D eigenvalue weighted by Gasteiger charge is 2.03. The number of fused-ring (bicyclic) bond motifs is 1. The van der Waals surface area contributed by atoms with Gasteiger partial charge in [-0.15, -0.1) is 0 Å². The minimum absolute atomic E-state index is 0.0751. The predicted molar refractivity (Wildman–Crippen MR) is 76.1 cm³/mol. The van der Waals surface area contributed by atoms with E-state index in [0.29, 0.717) is 6.54 Å². The number of hydrogen-bond acceptors (Lipinski definition) is 2. The topological polar surface area (TPSA) is 38.3 Å². The summed E-state index contributed by atoms with van der Waals surface area (Å²) in [5.41, 5.74) is 0.932. The molecule has 0 aliphatic carbocycles. The second-order valence-electron chi connectivity index (χ2n) is 4.07. The lowest BCUT2D eigenvalue weighted by Crippen LogP contribution is -2.19. The summed E-state index contributed by atoms with van der Waals surface area (Å²) < 4.78 is 5.33. The van der Waals surface area contributed by atoms with Crippen molar-refractivity contribution in [3.8, 4) is 17.6 Å². The molecule has 2 aromatic carbocycles. The van der Waals surface area contributed by atoms with Crippen molar-refractivity contribution < 1.29 is 9.53 Å². The maximum absolute atomic E-state index is 10.8. The van der Waals surface area contributed by atoms with Crippen LogP contribution < -0.4 is 10.1 Å². The molecule has 96 valence electrons. The Morgan fingerprint density at radius 2 is 1.95 bits per heavy atom. The molecule has 1 N–H and O–H groups in total. The van der Waals surface area contributed by atoms with Gasteiger partial charge in [-0.1, -0.05) is 36.1 Å². The predicted octanol–water partition coefficient (Wildman–Crippen LogP) is 2.34. The lowest BCUT2D eigenvalue weighted by atomic mass is 10.0. The zero-order valence-corrected chi connectivity index (χ0v) is 11.0. The van der Waals surface area contributed by atoms with Gasteiger partial charge in [0.05, 0.1) is 13.7 Å². The molecule has 0 aromatic heterocycles. The lowest BCUT2D eigenvalue weighted by Gasteiger charge is -2.06. The molecule has 0 radical (unpaired) electrons. The summed E-state index contributed by atoms with van der Waals surface area (Å²) >= 11 is 0. The Morgan fingerprint density at radius 3 is 2.63 bits per heavy atom. The zero-order chi connectivity index (χ0) is 13.7. The number of benzene rings is 2. The molecule has 2 aromatic rings. The molecule has 19 heavy (non-hydrogen) atoms. The Kier molecular flexibility index (Phi) is 4.04. The lowest BCUT2D eigenvalue weighted by molar-refractivity contribution is -0.118. The van der Waals surface area contributed by atoms with E-state index in [1.54, 1.807) is 7.11 Å². The monoisotopic (exact) mass is 253 g/mol. The van der Waals surface area contributed by atoms with Gasteiger partial charge in [0.25, 0.3) is 0 Å². The van der Waals surface area contributed by atoms with Crippen molar-refractivity contribution in [2.24, 2.45) is 0 Å². The first kappa shape index (κ1) is 13.0. The molecule has 3 nitrogen and oxygen atoms in total. The second-order valence-corrected chi connectivity index (χ2v) is 4.07. The Balaban J connectivity index is 2.36. The summed E-state index contributed by atoms with van der Waals surface area (Å²) in [6.45, 7) is 1.83. The molecule has 0 aliphatic rings. The van der Waals surface area contributed by atoms with Crippen molar-refractivity contribution in [2.45, 2.75) is 6.92 Å². The molecular weight excluding hydrogens is 238 g/mol. The van der Waals surface area contributed by atoms with E-state index in [1.807, 2.05) is 36.4 Å². The summed E-state index contributed by atoms with van der Waals surface area (Å²) in [4.78, 5) is 10.8. The SMILES string of the molecule is COc1ccc(C#CCNC(C)=O)c2ccccc12. The van der Waals surface area contributed by atoms with Gasteiger partial charge < -0.3 is 10.1 Å². The highest BCUT2D eigenvalue weighted by Crippen LogP contribution is 2.27. The fraction of sp³-hybridized carbons (Fsp3) is 0.188. The minimum atomic E-state index is -0.0751. The van der Waals surface area contributed by atoms with Gasteiger partial charge in [0.2, 0.25) is 5.91 Å². The van der Waals surface area contributed by atoms with E-state index in [4.69, 9.17) is 4.74 Å². The maximum atomic E-state index is 10.8. The van der Waals surface area contributed by atoms with Crippen LogP contribution in [0, 0.1) is 11.8 Å². The smallest absolute Gasteiger partial charge is 0.217 e. The average molecular weight is 253 g/mol. The highest BCUT2D eigenvalue weighted by molar-refractivity contribution is 5.93. The van der Waals surface area contributed by atoms with Crippen LogP contribution in [-0.2, 0) is 4.79 Å². The van der Waals surface area contributed by atoms with Gasteiger partial charge in [0.1, 0.15) is 5.75 Å². The molecule has 0 heterocycles. The number of carbonyl (C=O) groups is 1. The van der Waals surface area contributed by atoms with Gasteiger partial charge in [0, 0.05) is 23.3 Å². The van der Waals surface area contributed by atoms with Crippen LogP contribution in [0.25, 0.3) is 10.8 Å². The van der Waals surface area contributed by atoms with Gasteiger partial charge in [0.15, 0.2) is 0 Å². The molecular formula is C16H15NO2. The van der Waals surface area contributed by atoms with Crippen molar-refractivity contribution in [3.63, 3.8) is 0 Å². The molecule has 1 amide bonds. The molecule has 0 bridgehead atoms. The Labute approximate surface area is 112 Å². The largest absolute Gasteiger partial charge is 0.496 e. The Hall–Kier alpha value is -2.47. The Morgan fingerprint density at radius 1 is 1.21 bits per heavy atom. The van der Waals surface area contributed by atoms with Crippen molar-refractivity contribution in [3.05, 3.63) is 42.0 Å². The molecule has 0 saturated heterocycles. The summed E-state index contributed by atoms with van der Waals surface area (Å²) in [5, 5.41) is 4.74. The maximum Gasteiger partial charge on any atom is 0.217 e. The van der Waals surface area contributed by atoms with E-state index in [1.165, 1.54) is 6.92 Å². The van der Waals surface area contributed by atoms with Crippen LogP contribution in [0.15, 0.2) is 36.4 Å². The molecule has 2 rings (SSSR count). The molecule has 0 fully saturated rings. The van der Waals surface area contributed by atoms with Crippen molar-refractivity contribution in [1.82, 2.24) is 5.32 Å². The van der Waals surface area contributed by atoms with Crippen LogP contribution in [0.4, 0.5) is 0 Å². The number of hydrogen-bond donors (Lipinski definition) is 1. The van der Waals surface area contributed by atoms with Crippen molar-refractivity contribution in [1.29, 1.82) is 0 Å². The minimum Gasteiger partial charge on any atom is -0.496 e. The van der Waals surface area contributed by atoms with E-state index in [2.05, 4.69) is 17.2 Å². The molecule has 0 unspecified atom stereocenters. The number of rotatable bonds is 2. The molecule has 0 spiro atoms. The number of methoxy groups -OCH3 is 1. The fourth-order valence-electron chi connectivity index (χ4n) is 1.87. The van der Waals surface area contributed by atoms with Gasteiger partial charge in [-0.25, -0.2) is 0 Å². The van der Waals surface area contributed by atoms with Crippen LogP contribution >= 0.6 is 0 Å². The highest BCUT2D eigenvalue weighted by atomic mass is 16.5. The standard InChI is InChI=1S/C16H15NO2/c1-12(18)17-11-5-6-13-9-10-16(19-2)15-8-4-3-7-14(13)15/h3-4,7-10H,11H2,1-2H3,(H,17,18). The van der Waals surface area contributed by atoms with E-state index < -0.39 is 0 Å². The summed E-state index contributed by atoms with van der Waals surface area (Å²) in [6.07, 6.45) is 0. The number of nitrogens with one attached hydrogen (secondary N) is 1. The fourth-order valence-corrected chi connectivity index (χ4v) is 1.87. The number of carbonyl (C=O) groups excluding carboxylic acids is 1. The first-order valence-corrected chi connectivity index (χ1v) is 6.01. The van der Waals surface area contributed by atoms with Crippen LogP contribution in [0.5, 0.6) is 5.75 Å². The quantitative estimate of drug-likeness (QED) is 0.834.